The van der Waals surface area contributed by atoms with E-state index in [9.17, 15) is 18.0 Å². The third-order valence-corrected chi connectivity index (χ3v) is 7.09. The van der Waals surface area contributed by atoms with Crippen molar-refractivity contribution in [3.8, 4) is 5.75 Å². The summed E-state index contributed by atoms with van der Waals surface area (Å²) in [6, 6.07) is 13.0. The first-order chi connectivity index (χ1) is 16.0. The zero-order valence-corrected chi connectivity index (χ0v) is 22.5. The molecule has 2 aromatic carbocycles. The molecule has 1 N–H and O–H groups in total. The number of hydrogen-bond acceptors (Lipinski definition) is 5. The van der Waals surface area contributed by atoms with Gasteiger partial charge in [-0.1, -0.05) is 41.1 Å². The van der Waals surface area contributed by atoms with Gasteiger partial charge in [-0.3, -0.25) is 13.9 Å². The van der Waals surface area contributed by atoms with E-state index >= 15 is 0 Å². The molecule has 0 saturated carbocycles. The summed E-state index contributed by atoms with van der Waals surface area (Å²) in [5.41, 5.74) is 1.14. The van der Waals surface area contributed by atoms with Gasteiger partial charge >= 0.3 is 0 Å². The molecule has 2 rings (SSSR count). The first-order valence-electron chi connectivity index (χ1n) is 10.9. The molecule has 2 amide bonds. The summed E-state index contributed by atoms with van der Waals surface area (Å²) in [6.45, 7) is 5.18. The number of methoxy groups -OCH3 is 1. The van der Waals surface area contributed by atoms with E-state index in [1.165, 1.54) is 4.90 Å². The summed E-state index contributed by atoms with van der Waals surface area (Å²) in [5, 5.41) is 2.90. The van der Waals surface area contributed by atoms with E-state index in [-0.39, 0.29) is 18.5 Å². The van der Waals surface area contributed by atoms with Crippen LogP contribution in [0, 0.1) is 0 Å². The Kier molecular flexibility index (Phi) is 9.93. The standard InChI is InChI=1S/C24H32BrN3O5S/c1-6-17(2)26-24(30)18(3)27(15-19-10-12-22(33-4)13-11-19)23(29)16-28(34(5,31)32)21-9-7-8-20(25)14-21/h7-14,17-18H,6,15-16H2,1-5H3,(H,26,30)/t17-,18+/m1/s1. The van der Waals surface area contributed by atoms with Crippen molar-refractivity contribution in [2.24, 2.45) is 0 Å². The molecule has 8 nitrogen and oxygen atoms in total. The maximum atomic E-state index is 13.5. The summed E-state index contributed by atoms with van der Waals surface area (Å²) in [6.07, 6.45) is 1.80. The third-order valence-electron chi connectivity index (χ3n) is 5.46. The van der Waals surface area contributed by atoms with Crippen molar-refractivity contribution in [1.82, 2.24) is 10.2 Å². The highest BCUT2D eigenvalue weighted by atomic mass is 79.9. The Bertz CT molecular complexity index is 1090. The molecule has 2 atom stereocenters. The van der Waals surface area contributed by atoms with Crippen molar-refractivity contribution in [2.45, 2.75) is 45.8 Å². The molecule has 0 fully saturated rings. The number of carbonyl (C=O) groups excluding carboxylic acids is 2. The largest absolute Gasteiger partial charge is 0.497 e. The maximum absolute atomic E-state index is 13.5. The number of halogens is 1. The van der Waals surface area contributed by atoms with E-state index in [1.54, 1.807) is 62.6 Å². The third kappa shape index (κ3) is 7.73. The zero-order chi connectivity index (χ0) is 25.5. The molecule has 0 unspecified atom stereocenters. The van der Waals surface area contributed by atoms with E-state index in [4.69, 9.17) is 4.74 Å². The van der Waals surface area contributed by atoms with E-state index in [2.05, 4.69) is 21.2 Å². The fourth-order valence-electron chi connectivity index (χ4n) is 3.22. The highest BCUT2D eigenvalue weighted by molar-refractivity contribution is 9.10. The van der Waals surface area contributed by atoms with Gasteiger partial charge in [0.1, 0.15) is 18.3 Å². The molecule has 0 aliphatic heterocycles. The fourth-order valence-corrected chi connectivity index (χ4v) is 4.45. The maximum Gasteiger partial charge on any atom is 0.244 e. The summed E-state index contributed by atoms with van der Waals surface area (Å²) in [5.74, 6) is -0.125. The van der Waals surface area contributed by atoms with E-state index in [0.29, 0.717) is 15.9 Å². The second-order valence-corrected chi connectivity index (χ2v) is 10.9. The molecule has 0 aromatic heterocycles. The average Bonchev–Trinajstić information content (AvgIpc) is 2.79. The van der Waals surface area contributed by atoms with Crippen LogP contribution in [-0.4, -0.2) is 57.1 Å². The number of sulfonamides is 1. The second-order valence-electron chi connectivity index (χ2n) is 8.11. The quantitative estimate of drug-likeness (QED) is 0.459. The van der Waals surface area contributed by atoms with Crippen LogP contribution in [0.1, 0.15) is 32.8 Å². The van der Waals surface area contributed by atoms with Crippen molar-refractivity contribution in [2.75, 3.05) is 24.2 Å². The van der Waals surface area contributed by atoms with Crippen molar-refractivity contribution >= 4 is 43.5 Å². The van der Waals surface area contributed by atoms with Crippen LogP contribution < -0.4 is 14.4 Å². The van der Waals surface area contributed by atoms with Crippen molar-refractivity contribution < 1.29 is 22.7 Å². The zero-order valence-electron chi connectivity index (χ0n) is 20.1. The smallest absolute Gasteiger partial charge is 0.244 e. The first-order valence-corrected chi connectivity index (χ1v) is 13.6. The molecule has 0 heterocycles. The van der Waals surface area contributed by atoms with Crippen LogP contribution in [0.2, 0.25) is 0 Å². The number of benzene rings is 2. The molecule has 10 heteroatoms. The Morgan fingerprint density at radius 2 is 1.76 bits per heavy atom. The predicted molar refractivity (Wildman–Crippen MR) is 137 cm³/mol. The van der Waals surface area contributed by atoms with Gasteiger partial charge < -0.3 is 15.0 Å². The number of amides is 2. The Morgan fingerprint density at radius 3 is 2.29 bits per heavy atom. The number of anilines is 1. The molecule has 2 aromatic rings. The molecule has 0 spiro atoms. The van der Waals surface area contributed by atoms with E-state index < -0.39 is 28.5 Å². The highest BCUT2D eigenvalue weighted by Crippen LogP contribution is 2.23. The Morgan fingerprint density at radius 1 is 1.12 bits per heavy atom. The molecule has 0 radical (unpaired) electrons. The van der Waals surface area contributed by atoms with Gasteiger partial charge in [-0.05, 0) is 56.2 Å². The normalized spacial score (nSPS) is 13.0. The molecule has 0 bridgehead atoms. The van der Waals surface area contributed by atoms with Crippen LogP contribution in [0.3, 0.4) is 0 Å². The molecule has 34 heavy (non-hydrogen) atoms. The number of rotatable bonds is 11. The summed E-state index contributed by atoms with van der Waals surface area (Å²) >= 11 is 3.34. The van der Waals surface area contributed by atoms with Crippen molar-refractivity contribution in [3.63, 3.8) is 0 Å². The molecular formula is C24H32BrN3O5S. The van der Waals surface area contributed by atoms with Gasteiger partial charge in [-0.2, -0.15) is 0 Å². The van der Waals surface area contributed by atoms with Gasteiger partial charge in [-0.15, -0.1) is 0 Å². The van der Waals surface area contributed by atoms with Gasteiger partial charge in [0.25, 0.3) is 0 Å². The first kappa shape index (κ1) is 27.7. The van der Waals surface area contributed by atoms with Gasteiger partial charge in [0, 0.05) is 17.1 Å². The van der Waals surface area contributed by atoms with E-state index in [1.807, 2.05) is 13.8 Å². The van der Waals surface area contributed by atoms with Gasteiger partial charge in [-0.25, -0.2) is 8.42 Å². The lowest BCUT2D eigenvalue weighted by atomic mass is 10.1. The van der Waals surface area contributed by atoms with Gasteiger partial charge in [0.15, 0.2) is 0 Å². The molecule has 186 valence electrons. The summed E-state index contributed by atoms with van der Waals surface area (Å²) in [7, 11) is -2.20. The van der Waals surface area contributed by atoms with Crippen molar-refractivity contribution in [1.29, 1.82) is 0 Å². The van der Waals surface area contributed by atoms with Crippen LogP contribution in [0.4, 0.5) is 5.69 Å². The molecular weight excluding hydrogens is 522 g/mol. The molecule has 0 aliphatic rings. The number of nitrogens with one attached hydrogen (secondary N) is 1. The lowest BCUT2D eigenvalue weighted by molar-refractivity contribution is -0.139. The number of hydrogen-bond donors (Lipinski definition) is 1. The topological polar surface area (TPSA) is 96.0 Å². The lowest BCUT2D eigenvalue weighted by Gasteiger charge is -2.32. The van der Waals surface area contributed by atoms with Gasteiger partial charge in [0.2, 0.25) is 21.8 Å². The van der Waals surface area contributed by atoms with Crippen molar-refractivity contribution in [3.05, 3.63) is 58.6 Å². The highest BCUT2D eigenvalue weighted by Gasteiger charge is 2.30. The fraction of sp³-hybridized carbons (Fsp3) is 0.417. The van der Waals surface area contributed by atoms with Crippen LogP contribution in [-0.2, 0) is 26.2 Å². The summed E-state index contributed by atoms with van der Waals surface area (Å²) in [4.78, 5) is 27.8. The number of nitrogens with zero attached hydrogens (tertiary/aromatic N) is 2. The van der Waals surface area contributed by atoms with E-state index in [0.717, 1.165) is 22.5 Å². The average molecular weight is 555 g/mol. The van der Waals surface area contributed by atoms with Gasteiger partial charge in [0.05, 0.1) is 19.1 Å². The monoisotopic (exact) mass is 553 g/mol. The summed E-state index contributed by atoms with van der Waals surface area (Å²) < 4.78 is 32.0. The minimum atomic E-state index is -3.77. The minimum Gasteiger partial charge on any atom is -0.497 e. The Balaban J connectivity index is 2.37. The van der Waals surface area contributed by atoms with Crippen LogP contribution >= 0.6 is 15.9 Å². The SMILES string of the molecule is CC[C@@H](C)NC(=O)[C@H](C)N(Cc1ccc(OC)cc1)C(=O)CN(c1cccc(Br)c1)S(C)(=O)=O. The molecule has 0 aliphatic carbocycles. The Hall–Kier alpha value is -2.59. The van der Waals surface area contributed by atoms with Crippen LogP contribution in [0.5, 0.6) is 5.75 Å². The van der Waals surface area contributed by atoms with Crippen LogP contribution in [0.25, 0.3) is 0 Å². The van der Waals surface area contributed by atoms with Crippen LogP contribution in [0.15, 0.2) is 53.0 Å². The molecule has 0 saturated heterocycles. The lowest BCUT2D eigenvalue weighted by Crippen LogP contribution is -2.52. The number of ether oxygens (including phenoxy) is 1. The second kappa shape index (κ2) is 12.2. The minimum absolute atomic E-state index is 0.0536. The predicted octanol–water partition coefficient (Wildman–Crippen LogP) is 3.56. The number of carbonyl (C=O) groups is 2. The Labute approximate surface area is 210 Å².